The van der Waals surface area contributed by atoms with Gasteiger partial charge in [0.25, 0.3) is 0 Å². The molecule has 7 nitrogen and oxygen atoms in total. The van der Waals surface area contributed by atoms with Gasteiger partial charge in [0.2, 0.25) is 0 Å². The van der Waals surface area contributed by atoms with Gasteiger partial charge in [0.15, 0.2) is 0 Å². The number of aromatic nitrogens is 4. The molecular weight excluding hydrogens is 665 g/mol. The molecule has 0 atom stereocenters. The van der Waals surface area contributed by atoms with Gasteiger partial charge in [-0.2, -0.15) is 0 Å². The molecule has 1 aliphatic heterocycles. The Kier molecular flexibility index (Phi) is 7.96. The summed E-state index contributed by atoms with van der Waals surface area (Å²) in [7, 11) is 0. The summed E-state index contributed by atoms with van der Waals surface area (Å²) in [5.41, 5.74) is 12.6. The number of anilines is 4. The number of ether oxygens (including phenoxy) is 1. The minimum atomic E-state index is 0.000363. The summed E-state index contributed by atoms with van der Waals surface area (Å²) in [5, 5.41) is 2.34. The molecule has 4 aromatic carbocycles. The third kappa shape index (κ3) is 5.82. The van der Waals surface area contributed by atoms with Crippen molar-refractivity contribution < 1.29 is 4.74 Å². The Labute approximate surface area is 316 Å². The molecule has 0 N–H and O–H groups in total. The van der Waals surface area contributed by atoms with Crippen LogP contribution in [0.4, 0.5) is 22.9 Å². The Balaban J connectivity index is 1.03. The van der Waals surface area contributed by atoms with E-state index in [9.17, 15) is 0 Å². The minimum absolute atomic E-state index is 0.000363. The molecule has 9 rings (SSSR count). The average molecular weight is 707 g/mol. The Hall–Kier alpha value is -6.47. The highest BCUT2D eigenvalue weighted by Crippen LogP contribution is 2.44. The van der Waals surface area contributed by atoms with Crippen LogP contribution in [0.3, 0.4) is 0 Å². The van der Waals surface area contributed by atoms with E-state index in [1.165, 1.54) is 33.2 Å². The highest BCUT2D eigenvalue weighted by molar-refractivity contribution is 6.09. The third-order valence-electron chi connectivity index (χ3n) is 10.5. The first-order valence-corrected chi connectivity index (χ1v) is 18.4. The maximum Gasteiger partial charge on any atom is 0.137 e. The smallest absolute Gasteiger partial charge is 0.137 e. The van der Waals surface area contributed by atoms with Crippen LogP contribution in [0, 0.1) is 20.8 Å². The van der Waals surface area contributed by atoms with E-state index in [0.29, 0.717) is 6.67 Å². The van der Waals surface area contributed by atoms with Gasteiger partial charge < -0.3 is 14.5 Å². The highest BCUT2D eigenvalue weighted by atomic mass is 16.5. The van der Waals surface area contributed by atoms with Gasteiger partial charge in [-0.25, -0.2) is 9.97 Å². The van der Waals surface area contributed by atoms with Gasteiger partial charge in [-0.05, 0) is 109 Å². The topological polar surface area (TPSA) is 59.3 Å². The molecule has 0 saturated carbocycles. The number of nitrogens with zero attached hydrogens (tertiary/aromatic N) is 6. The molecule has 1 aliphatic rings. The van der Waals surface area contributed by atoms with Gasteiger partial charge in [-0.3, -0.25) is 9.55 Å². The van der Waals surface area contributed by atoms with Crippen molar-refractivity contribution in [3.05, 3.63) is 156 Å². The maximum atomic E-state index is 6.63. The molecule has 8 aromatic rings. The van der Waals surface area contributed by atoms with Crippen LogP contribution in [0.1, 0.15) is 43.0 Å². The number of hydrogen-bond donors (Lipinski definition) is 0. The van der Waals surface area contributed by atoms with E-state index in [1.807, 2.05) is 36.9 Å². The quantitative estimate of drug-likeness (QED) is 0.172. The number of aryl methyl sites for hydroxylation is 3. The van der Waals surface area contributed by atoms with E-state index in [-0.39, 0.29) is 5.41 Å². The number of para-hydroxylation sites is 1. The lowest BCUT2D eigenvalue weighted by molar-refractivity contribution is 0.483. The molecule has 0 bridgehead atoms. The van der Waals surface area contributed by atoms with Crippen LogP contribution in [0.5, 0.6) is 11.5 Å². The lowest BCUT2D eigenvalue weighted by Gasteiger charge is -2.22. The molecule has 0 radical (unpaired) electrons. The van der Waals surface area contributed by atoms with Crippen molar-refractivity contribution in [2.24, 2.45) is 0 Å². The molecule has 0 unspecified atom stereocenters. The molecular formula is C47H42N6O. The van der Waals surface area contributed by atoms with Crippen LogP contribution in [-0.4, -0.2) is 26.2 Å². The molecule has 0 fully saturated rings. The second-order valence-corrected chi connectivity index (χ2v) is 15.3. The van der Waals surface area contributed by atoms with E-state index in [2.05, 4.69) is 158 Å². The predicted octanol–water partition coefficient (Wildman–Crippen LogP) is 11.9. The second kappa shape index (κ2) is 12.9. The van der Waals surface area contributed by atoms with E-state index < -0.39 is 0 Å². The summed E-state index contributed by atoms with van der Waals surface area (Å²) < 4.78 is 8.88. The molecule has 7 heteroatoms. The van der Waals surface area contributed by atoms with Crippen molar-refractivity contribution in [3.8, 4) is 28.4 Å². The van der Waals surface area contributed by atoms with Crippen molar-refractivity contribution >= 4 is 44.7 Å². The van der Waals surface area contributed by atoms with Gasteiger partial charge in [0.1, 0.15) is 29.8 Å². The first-order valence-electron chi connectivity index (χ1n) is 18.4. The van der Waals surface area contributed by atoms with Gasteiger partial charge in [-0.15, -0.1) is 0 Å². The standard InChI is InChI=1S/C47H42N6O/c1-30-22-31(2)46(32(3)23-30)33-14-17-44(50-27-33)52-29-51(41-19-20-48-28-43(41)52)35-10-9-11-36(25-35)54-37-15-16-39-38-12-7-8-13-40(38)53(42(39)26-37)45-24-34(18-21-49-45)47(4,5)6/h7-28H,29H2,1-6H3. The second-order valence-electron chi connectivity index (χ2n) is 15.3. The largest absolute Gasteiger partial charge is 0.457 e. The highest BCUT2D eigenvalue weighted by Gasteiger charge is 2.29. The molecule has 0 saturated heterocycles. The van der Waals surface area contributed by atoms with Gasteiger partial charge >= 0.3 is 0 Å². The Morgan fingerprint density at radius 1 is 0.611 bits per heavy atom. The van der Waals surface area contributed by atoms with Crippen molar-refractivity contribution in [2.45, 2.75) is 47.0 Å². The average Bonchev–Trinajstić information content (AvgIpc) is 3.71. The first kappa shape index (κ1) is 33.4. The van der Waals surface area contributed by atoms with Gasteiger partial charge in [-0.1, -0.05) is 62.7 Å². The summed E-state index contributed by atoms with van der Waals surface area (Å²) in [6, 6.07) is 38.2. The van der Waals surface area contributed by atoms with E-state index in [4.69, 9.17) is 14.7 Å². The predicted molar refractivity (Wildman–Crippen MR) is 221 cm³/mol. The summed E-state index contributed by atoms with van der Waals surface area (Å²) in [6.07, 6.45) is 7.66. The maximum absolute atomic E-state index is 6.63. The zero-order chi connectivity index (χ0) is 37.1. The number of fused-ring (bicyclic) bond motifs is 4. The lowest BCUT2D eigenvalue weighted by Crippen LogP contribution is -2.24. The summed E-state index contributed by atoms with van der Waals surface area (Å²) in [5.74, 6) is 3.27. The van der Waals surface area contributed by atoms with Crippen molar-refractivity contribution in [1.29, 1.82) is 0 Å². The van der Waals surface area contributed by atoms with Gasteiger partial charge in [0.05, 0.1) is 28.6 Å². The lowest BCUT2D eigenvalue weighted by atomic mass is 9.88. The van der Waals surface area contributed by atoms with Crippen LogP contribution in [0.15, 0.2) is 134 Å². The molecule has 0 aliphatic carbocycles. The van der Waals surface area contributed by atoms with Crippen molar-refractivity contribution in [3.63, 3.8) is 0 Å². The molecule has 4 aromatic heterocycles. The number of hydrogen-bond acceptors (Lipinski definition) is 6. The number of pyridine rings is 3. The SMILES string of the molecule is Cc1cc(C)c(-c2ccc(N3CN(c4cccc(Oc5ccc6c7ccccc7n(-c7cc(C(C)(C)C)ccn7)c6c5)c4)c4ccncc43)nc2)c(C)c1. The van der Waals surface area contributed by atoms with E-state index >= 15 is 0 Å². The van der Waals surface area contributed by atoms with Crippen molar-refractivity contribution in [2.75, 3.05) is 16.5 Å². The fourth-order valence-electron chi connectivity index (χ4n) is 7.97. The third-order valence-corrected chi connectivity index (χ3v) is 10.5. The van der Waals surface area contributed by atoms with Gasteiger partial charge in [0, 0.05) is 52.7 Å². The molecule has 0 spiro atoms. The Morgan fingerprint density at radius 2 is 1.41 bits per heavy atom. The summed E-state index contributed by atoms with van der Waals surface area (Å²) in [6.45, 7) is 13.8. The normalized spacial score (nSPS) is 12.9. The number of benzene rings is 4. The first-order chi connectivity index (χ1) is 26.1. The van der Waals surface area contributed by atoms with Crippen LogP contribution in [0.2, 0.25) is 0 Å². The zero-order valence-corrected chi connectivity index (χ0v) is 31.5. The van der Waals surface area contributed by atoms with Crippen LogP contribution < -0.4 is 14.5 Å². The van der Waals surface area contributed by atoms with Crippen LogP contribution in [-0.2, 0) is 5.41 Å². The zero-order valence-electron chi connectivity index (χ0n) is 31.5. The minimum Gasteiger partial charge on any atom is -0.457 e. The Bertz CT molecular complexity index is 2680. The fourth-order valence-corrected chi connectivity index (χ4v) is 7.97. The molecule has 266 valence electrons. The molecule has 0 amide bonds. The van der Waals surface area contributed by atoms with Crippen LogP contribution in [0.25, 0.3) is 38.8 Å². The Morgan fingerprint density at radius 3 is 2.20 bits per heavy atom. The van der Waals surface area contributed by atoms with Crippen LogP contribution >= 0.6 is 0 Å². The van der Waals surface area contributed by atoms with E-state index in [0.717, 1.165) is 62.2 Å². The summed E-state index contributed by atoms with van der Waals surface area (Å²) in [4.78, 5) is 18.8. The summed E-state index contributed by atoms with van der Waals surface area (Å²) >= 11 is 0. The monoisotopic (exact) mass is 706 g/mol. The fraction of sp³-hybridized carbons (Fsp3) is 0.170. The number of rotatable bonds is 6. The molecule has 5 heterocycles. The van der Waals surface area contributed by atoms with Crippen molar-refractivity contribution in [1.82, 2.24) is 19.5 Å². The molecule has 54 heavy (non-hydrogen) atoms. The van der Waals surface area contributed by atoms with E-state index in [1.54, 1.807) is 0 Å².